The van der Waals surface area contributed by atoms with Gasteiger partial charge in [-0.3, -0.25) is 4.72 Å². The number of anilines is 1. The molecule has 3 rings (SSSR count). The highest BCUT2D eigenvalue weighted by Crippen LogP contribution is 2.31. The van der Waals surface area contributed by atoms with Crippen LogP contribution in [0.3, 0.4) is 0 Å². The number of thiazole rings is 1. The highest BCUT2D eigenvalue weighted by Gasteiger charge is 2.20. The molecule has 0 fully saturated rings. The molecular weight excluding hydrogens is 374 g/mol. The second kappa shape index (κ2) is 6.66. The van der Waals surface area contributed by atoms with E-state index in [2.05, 4.69) is 9.71 Å². The van der Waals surface area contributed by atoms with Crippen LogP contribution >= 0.6 is 23.1 Å². The molecule has 0 amide bonds. The largest absolute Gasteiger partial charge is 0.279 e. The van der Waals surface area contributed by atoms with Crippen molar-refractivity contribution in [1.29, 1.82) is 0 Å². The molecule has 24 heavy (non-hydrogen) atoms. The van der Waals surface area contributed by atoms with E-state index in [0.717, 1.165) is 32.4 Å². The number of benzene rings is 2. The van der Waals surface area contributed by atoms with Gasteiger partial charge in [0, 0.05) is 0 Å². The number of halogens is 2. The second-order valence-corrected chi connectivity index (χ2v) is 8.97. The van der Waals surface area contributed by atoms with Crippen molar-refractivity contribution in [2.45, 2.75) is 16.2 Å². The van der Waals surface area contributed by atoms with E-state index in [1.54, 1.807) is 23.9 Å². The smallest absolute Gasteiger partial charge is 0.264 e. The van der Waals surface area contributed by atoms with E-state index in [1.165, 1.54) is 17.4 Å². The molecule has 0 aliphatic rings. The topological polar surface area (TPSA) is 59.1 Å². The number of thioether (sulfide) groups is 1. The Labute approximate surface area is 146 Å². The normalized spacial score (nSPS) is 11.8. The van der Waals surface area contributed by atoms with Crippen molar-refractivity contribution >= 4 is 49.0 Å². The minimum Gasteiger partial charge on any atom is -0.279 e. The van der Waals surface area contributed by atoms with E-state index >= 15 is 0 Å². The summed E-state index contributed by atoms with van der Waals surface area (Å²) in [6.45, 7) is 2.02. The van der Waals surface area contributed by atoms with Gasteiger partial charge in [0.05, 0.1) is 15.9 Å². The SMILES string of the molecule is CCSc1nc2ccc(NS(=O)(=O)c3cc(F)ccc3F)cc2s1. The van der Waals surface area contributed by atoms with Crippen LogP contribution in [0.15, 0.2) is 45.6 Å². The van der Waals surface area contributed by atoms with Crippen LogP contribution in [-0.2, 0) is 10.0 Å². The number of fused-ring (bicyclic) bond motifs is 1. The van der Waals surface area contributed by atoms with Crippen LogP contribution in [0.5, 0.6) is 0 Å². The van der Waals surface area contributed by atoms with Gasteiger partial charge in [0.25, 0.3) is 10.0 Å². The highest BCUT2D eigenvalue weighted by atomic mass is 32.2. The van der Waals surface area contributed by atoms with Crippen LogP contribution in [0.1, 0.15) is 6.92 Å². The van der Waals surface area contributed by atoms with Gasteiger partial charge in [-0.15, -0.1) is 11.3 Å². The Balaban J connectivity index is 1.94. The van der Waals surface area contributed by atoms with Crippen molar-refractivity contribution < 1.29 is 17.2 Å². The quantitative estimate of drug-likeness (QED) is 0.657. The summed E-state index contributed by atoms with van der Waals surface area (Å²) in [4.78, 5) is 3.69. The fraction of sp³-hybridized carbons (Fsp3) is 0.133. The Bertz CT molecular complexity index is 1000. The Morgan fingerprint density at radius 3 is 2.75 bits per heavy atom. The molecule has 1 aromatic heterocycles. The molecule has 9 heteroatoms. The van der Waals surface area contributed by atoms with Gasteiger partial charge >= 0.3 is 0 Å². The molecule has 4 nitrogen and oxygen atoms in total. The van der Waals surface area contributed by atoms with Crippen molar-refractivity contribution in [2.24, 2.45) is 0 Å². The predicted molar refractivity (Wildman–Crippen MR) is 93.2 cm³/mol. The predicted octanol–water partition coefficient (Wildman–Crippen LogP) is 4.49. The molecule has 0 atom stereocenters. The first-order chi connectivity index (χ1) is 11.4. The molecule has 0 spiro atoms. The number of hydrogen-bond donors (Lipinski definition) is 1. The number of aromatic nitrogens is 1. The summed E-state index contributed by atoms with van der Waals surface area (Å²) in [5.41, 5.74) is 1.03. The summed E-state index contributed by atoms with van der Waals surface area (Å²) in [7, 11) is -4.22. The van der Waals surface area contributed by atoms with Gasteiger partial charge in [0.1, 0.15) is 16.5 Å². The first-order valence-corrected chi connectivity index (χ1v) is 10.2. The number of nitrogens with zero attached hydrogens (tertiary/aromatic N) is 1. The lowest BCUT2D eigenvalue weighted by Gasteiger charge is -2.09. The van der Waals surface area contributed by atoms with Gasteiger partial charge in [-0.1, -0.05) is 18.7 Å². The zero-order valence-corrected chi connectivity index (χ0v) is 14.9. The van der Waals surface area contributed by atoms with Crippen molar-refractivity contribution in [3.63, 3.8) is 0 Å². The molecule has 126 valence electrons. The molecule has 0 unspecified atom stereocenters. The van der Waals surface area contributed by atoms with Crippen LogP contribution < -0.4 is 4.72 Å². The molecule has 1 N–H and O–H groups in total. The van der Waals surface area contributed by atoms with E-state index in [4.69, 9.17) is 0 Å². The molecule has 0 aliphatic heterocycles. The number of hydrogen-bond acceptors (Lipinski definition) is 5. The molecule has 0 radical (unpaired) electrons. The maximum atomic E-state index is 13.7. The Hall–Kier alpha value is -1.71. The summed E-state index contributed by atoms with van der Waals surface area (Å²) in [6.07, 6.45) is 0. The van der Waals surface area contributed by atoms with E-state index in [-0.39, 0.29) is 5.69 Å². The third-order valence-corrected chi connectivity index (χ3v) is 6.51. The molecule has 0 aliphatic carbocycles. The molecule has 0 saturated heterocycles. The van der Waals surface area contributed by atoms with Gasteiger partial charge in [0.2, 0.25) is 0 Å². The van der Waals surface area contributed by atoms with Crippen molar-refractivity contribution in [3.8, 4) is 0 Å². The number of sulfonamides is 1. The van der Waals surface area contributed by atoms with Crippen molar-refractivity contribution in [2.75, 3.05) is 10.5 Å². The third kappa shape index (κ3) is 3.52. The third-order valence-electron chi connectivity index (χ3n) is 3.07. The summed E-state index contributed by atoms with van der Waals surface area (Å²) < 4.78 is 55.5. The van der Waals surface area contributed by atoms with Crippen LogP contribution in [-0.4, -0.2) is 19.2 Å². The number of nitrogens with one attached hydrogen (secondary N) is 1. The first-order valence-electron chi connectivity index (χ1n) is 6.90. The second-order valence-electron chi connectivity index (χ2n) is 4.78. The minimum absolute atomic E-state index is 0.267. The lowest BCUT2D eigenvalue weighted by molar-refractivity contribution is 0.555. The zero-order chi connectivity index (χ0) is 17.3. The average Bonchev–Trinajstić information content (AvgIpc) is 2.91. The molecule has 2 aromatic carbocycles. The Morgan fingerprint density at radius 1 is 1.21 bits per heavy atom. The highest BCUT2D eigenvalue weighted by molar-refractivity contribution is 8.01. The molecular formula is C15H12F2N2O2S3. The maximum absolute atomic E-state index is 13.7. The van der Waals surface area contributed by atoms with Crippen LogP contribution in [0, 0.1) is 11.6 Å². The van der Waals surface area contributed by atoms with Crippen LogP contribution in [0.4, 0.5) is 14.5 Å². The zero-order valence-electron chi connectivity index (χ0n) is 12.4. The lowest BCUT2D eigenvalue weighted by Crippen LogP contribution is -2.14. The van der Waals surface area contributed by atoms with E-state index in [9.17, 15) is 17.2 Å². The van der Waals surface area contributed by atoms with Gasteiger partial charge in [-0.25, -0.2) is 22.2 Å². The average molecular weight is 386 g/mol. The van der Waals surface area contributed by atoms with Crippen LogP contribution in [0.2, 0.25) is 0 Å². The minimum atomic E-state index is -4.22. The standard InChI is InChI=1S/C15H12F2N2O2S3/c1-2-22-15-18-12-6-4-10(8-13(12)23-15)19-24(20,21)14-7-9(16)3-5-11(14)17/h3-8,19H,2H2,1H3. The first kappa shape index (κ1) is 17.1. The van der Waals surface area contributed by atoms with Gasteiger partial charge in [-0.05, 0) is 42.2 Å². The number of rotatable bonds is 5. The Morgan fingerprint density at radius 2 is 2.00 bits per heavy atom. The lowest BCUT2D eigenvalue weighted by atomic mass is 10.3. The van der Waals surface area contributed by atoms with Gasteiger partial charge < -0.3 is 0 Å². The molecule has 3 aromatic rings. The fourth-order valence-electron chi connectivity index (χ4n) is 2.05. The summed E-state index contributed by atoms with van der Waals surface area (Å²) in [5.74, 6) is -0.946. The summed E-state index contributed by atoms with van der Waals surface area (Å²) in [5, 5.41) is 0. The van der Waals surface area contributed by atoms with Crippen molar-refractivity contribution in [3.05, 3.63) is 48.0 Å². The molecule has 0 saturated carbocycles. The summed E-state index contributed by atoms with van der Waals surface area (Å²) in [6, 6.07) is 7.15. The molecule has 1 heterocycles. The van der Waals surface area contributed by atoms with E-state index in [0.29, 0.717) is 6.07 Å². The monoisotopic (exact) mass is 386 g/mol. The van der Waals surface area contributed by atoms with Crippen LogP contribution in [0.25, 0.3) is 10.2 Å². The van der Waals surface area contributed by atoms with E-state index in [1.807, 2.05) is 6.92 Å². The fourth-order valence-corrected chi connectivity index (χ4v) is 5.19. The Kier molecular flexibility index (Phi) is 4.75. The maximum Gasteiger partial charge on any atom is 0.264 e. The van der Waals surface area contributed by atoms with Gasteiger partial charge in [-0.2, -0.15) is 0 Å². The van der Waals surface area contributed by atoms with Crippen molar-refractivity contribution in [1.82, 2.24) is 4.98 Å². The van der Waals surface area contributed by atoms with Gasteiger partial charge in [0.15, 0.2) is 4.34 Å². The molecule has 0 bridgehead atoms. The summed E-state index contributed by atoms with van der Waals surface area (Å²) >= 11 is 3.04. The van der Waals surface area contributed by atoms with E-state index < -0.39 is 26.6 Å².